The van der Waals surface area contributed by atoms with Gasteiger partial charge in [0.1, 0.15) is 0 Å². The average Bonchev–Trinajstić information content (AvgIpc) is 2.30. The first-order valence-corrected chi connectivity index (χ1v) is 6.67. The van der Waals surface area contributed by atoms with Gasteiger partial charge in [0.05, 0.1) is 13.2 Å². The maximum Gasteiger partial charge on any atom is 0.0697 e. The number of rotatable bonds is 8. The molecule has 0 saturated heterocycles. The number of hydrogen-bond acceptors (Lipinski definition) is 3. The van der Waals surface area contributed by atoms with E-state index in [1.807, 2.05) is 0 Å². The van der Waals surface area contributed by atoms with Gasteiger partial charge in [-0.3, -0.25) is 0 Å². The molecule has 0 aliphatic heterocycles. The second kappa shape index (κ2) is 8.64. The predicted molar refractivity (Wildman–Crippen MR) is 73.1 cm³/mol. The zero-order chi connectivity index (χ0) is 12.5. The van der Waals surface area contributed by atoms with E-state index in [0.717, 1.165) is 24.0 Å². The van der Waals surface area contributed by atoms with Crippen LogP contribution in [0.15, 0.2) is 22.7 Å². The van der Waals surface area contributed by atoms with Crippen LogP contribution in [0.4, 0.5) is 0 Å². The minimum atomic E-state index is 0.101. The van der Waals surface area contributed by atoms with Crippen molar-refractivity contribution in [3.63, 3.8) is 0 Å². The van der Waals surface area contributed by atoms with E-state index in [2.05, 4.69) is 46.4 Å². The Kier molecular flexibility index (Phi) is 7.44. The van der Waals surface area contributed by atoms with Gasteiger partial charge in [-0.25, -0.2) is 0 Å². The molecular weight excluding hydrogens is 282 g/mol. The van der Waals surface area contributed by atoms with Gasteiger partial charge in [-0.05, 0) is 37.1 Å². The number of aliphatic hydroxyl groups excluding tert-OH is 1. The van der Waals surface area contributed by atoms with Crippen LogP contribution in [0.2, 0.25) is 0 Å². The van der Waals surface area contributed by atoms with E-state index >= 15 is 0 Å². The third-order valence-electron chi connectivity index (χ3n) is 2.40. The second-order valence-electron chi connectivity index (χ2n) is 3.96. The van der Waals surface area contributed by atoms with Crippen molar-refractivity contribution >= 4 is 15.9 Å². The van der Waals surface area contributed by atoms with Gasteiger partial charge in [-0.15, -0.1) is 0 Å². The number of aliphatic hydroxyl groups is 1. The molecule has 0 fully saturated rings. The third-order valence-corrected chi connectivity index (χ3v) is 3.14. The van der Waals surface area contributed by atoms with Crippen molar-refractivity contribution in [2.45, 2.75) is 19.9 Å². The van der Waals surface area contributed by atoms with E-state index in [-0.39, 0.29) is 6.61 Å². The normalized spacial score (nSPS) is 10.8. The van der Waals surface area contributed by atoms with Gasteiger partial charge in [-0.2, -0.15) is 0 Å². The number of hydrogen-bond donors (Lipinski definition) is 2. The maximum absolute atomic E-state index is 8.52. The third kappa shape index (κ3) is 6.17. The largest absolute Gasteiger partial charge is 0.394 e. The summed E-state index contributed by atoms with van der Waals surface area (Å²) in [6.07, 6.45) is 0.962. The van der Waals surface area contributed by atoms with E-state index in [1.165, 1.54) is 11.1 Å². The summed E-state index contributed by atoms with van der Waals surface area (Å²) in [6, 6.07) is 6.38. The first-order chi connectivity index (χ1) is 8.24. The summed E-state index contributed by atoms with van der Waals surface area (Å²) in [4.78, 5) is 0. The molecule has 0 atom stereocenters. The summed E-state index contributed by atoms with van der Waals surface area (Å²) in [5, 5.41) is 11.9. The van der Waals surface area contributed by atoms with Crippen molar-refractivity contribution < 1.29 is 9.84 Å². The zero-order valence-corrected chi connectivity index (χ0v) is 11.8. The van der Waals surface area contributed by atoms with E-state index in [4.69, 9.17) is 9.84 Å². The van der Waals surface area contributed by atoms with E-state index < -0.39 is 0 Å². The lowest BCUT2D eigenvalue weighted by atomic mass is 10.1. The fourth-order valence-electron chi connectivity index (χ4n) is 1.48. The van der Waals surface area contributed by atoms with E-state index in [0.29, 0.717) is 13.2 Å². The molecule has 96 valence electrons. The molecule has 0 radical (unpaired) electrons. The number of aryl methyl sites for hydroxylation is 1. The molecular formula is C13H20BrNO2. The summed E-state index contributed by atoms with van der Waals surface area (Å²) in [5.41, 5.74) is 2.53. The van der Waals surface area contributed by atoms with E-state index in [9.17, 15) is 0 Å². The Hall–Kier alpha value is -0.420. The van der Waals surface area contributed by atoms with Gasteiger partial charge in [-0.1, -0.05) is 28.1 Å². The van der Waals surface area contributed by atoms with Crippen LogP contribution in [-0.4, -0.2) is 31.5 Å². The molecule has 17 heavy (non-hydrogen) atoms. The van der Waals surface area contributed by atoms with Gasteiger partial charge in [0.2, 0.25) is 0 Å². The molecule has 3 nitrogen and oxygen atoms in total. The molecule has 0 bridgehead atoms. The van der Waals surface area contributed by atoms with Crippen molar-refractivity contribution in [1.29, 1.82) is 0 Å². The summed E-state index contributed by atoms with van der Waals surface area (Å²) in [6.45, 7) is 5.10. The Morgan fingerprint density at radius 2 is 2.18 bits per heavy atom. The van der Waals surface area contributed by atoms with Crippen LogP contribution in [0.25, 0.3) is 0 Å². The summed E-state index contributed by atoms with van der Waals surface area (Å²) in [5.74, 6) is 0. The van der Waals surface area contributed by atoms with Crippen LogP contribution in [0.1, 0.15) is 17.5 Å². The molecule has 0 aliphatic carbocycles. The summed E-state index contributed by atoms with van der Waals surface area (Å²) >= 11 is 3.56. The number of nitrogens with one attached hydrogen (secondary N) is 1. The van der Waals surface area contributed by atoms with Crippen LogP contribution in [-0.2, 0) is 11.3 Å². The predicted octanol–water partition coefficient (Wildman–Crippen LogP) is 2.25. The molecule has 4 heteroatoms. The van der Waals surface area contributed by atoms with E-state index in [1.54, 1.807) is 0 Å². The molecule has 0 amide bonds. The smallest absolute Gasteiger partial charge is 0.0697 e. The van der Waals surface area contributed by atoms with Crippen LogP contribution >= 0.6 is 15.9 Å². The standard InChI is InChI=1S/C13H20BrNO2/c1-11-3-4-12(13(14)9-11)10-15-5-2-7-17-8-6-16/h3-4,9,15-16H,2,5-8,10H2,1H3. The van der Waals surface area contributed by atoms with Crippen LogP contribution in [0, 0.1) is 6.92 Å². The molecule has 0 saturated carbocycles. The lowest BCUT2D eigenvalue weighted by Gasteiger charge is -2.08. The minimum Gasteiger partial charge on any atom is -0.394 e. The minimum absolute atomic E-state index is 0.101. The fourth-order valence-corrected chi connectivity index (χ4v) is 2.12. The first kappa shape index (κ1) is 14.6. The number of halogens is 1. The Morgan fingerprint density at radius 3 is 2.88 bits per heavy atom. The highest BCUT2D eigenvalue weighted by molar-refractivity contribution is 9.10. The van der Waals surface area contributed by atoms with Crippen molar-refractivity contribution in [2.24, 2.45) is 0 Å². The molecule has 1 rings (SSSR count). The number of ether oxygens (including phenoxy) is 1. The second-order valence-corrected chi connectivity index (χ2v) is 4.82. The van der Waals surface area contributed by atoms with Gasteiger partial charge in [0.25, 0.3) is 0 Å². The van der Waals surface area contributed by atoms with Gasteiger partial charge < -0.3 is 15.2 Å². The molecule has 0 heterocycles. The lowest BCUT2D eigenvalue weighted by molar-refractivity contribution is 0.0907. The molecule has 0 aromatic heterocycles. The SMILES string of the molecule is Cc1ccc(CNCCCOCCO)c(Br)c1. The zero-order valence-electron chi connectivity index (χ0n) is 10.2. The molecule has 0 unspecified atom stereocenters. The highest BCUT2D eigenvalue weighted by Crippen LogP contribution is 2.17. The highest BCUT2D eigenvalue weighted by Gasteiger charge is 1.99. The Balaban J connectivity index is 2.14. The van der Waals surface area contributed by atoms with Crippen molar-refractivity contribution in [3.05, 3.63) is 33.8 Å². The molecule has 1 aromatic carbocycles. The first-order valence-electron chi connectivity index (χ1n) is 5.88. The van der Waals surface area contributed by atoms with Gasteiger partial charge in [0, 0.05) is 17.6 Å². The van der Waals surface area contributed by atoms with Gasteiger partial charge >= 0.3 is 0 Å². The fraction of sp³-hybridized carbons (Fsp3) is 0.538. The maximum atomic E-state index is 8.52. The molecule has 0 spiro atoms. The lowest BCUT2D eigenvalue weighted by Crippen LogP contribution is -2.17. The van der Waals surface area contributed by atoms with Crippen molar-refractivity contribution in [1.82, 2.24) is 5.32 Å². The Morgan fingerprint density at radius 1 is 1.35 bits per heavy atom. The summed E-state index contributed by atoms with van der Waals surface area (Å²) < 4.78 is 6.33. The van der Waals surface area contributed by atoms with Crippen LogP contribution < -0.4 is 5.32 Å². The van der Waals surface area contributed by atoms with Crippen molar-refractivity contribution in [2.75, 3.05) is 26.4 Å². The average molecular weight is 302 g/mol. The van der Waals surface area contributed by atoms with Gasteiger partial charge in [0.15, 0.2) is 0 Å². The molecule has 1 aromatic rings. The highest BCUT2D eigenvalue weighted by atomic mass is 79.9. The molecule has 0 aliphatic rings. The Bertz CT molecular complexity index is 331. The van der Waals surface area contributed by atoms with Crippen LogP contribution in [0.3, 0.4) is 0 Å². The quantitative estimate of drug-likeness (QED) is 0.724. The number of benzene rings is 1. The Labute approximate surface area is 111 Å². The molecule has 2 N–H and O–H groups in total. The monoisotopic (exact) mass is 301 g/mol. The summed E-state index contributed by atoms with van der Waals surface area (Å²) in [7, 11) is 0. The van der Waals surface area contributed by atoms with Crippen molar-refractivity contribution in [3.8, 4) is 0 Å². The van der Waals surface area contributed by atoms with Crippen LogP contribution in [0.5, 0.6) is 0 Å². The topological polar surface area (TPSA) is 41.5 Å².